The standard InChI is InChI=1S/C14H24N2O4/c1-14(2,3)16-11(17)7-8-15-12(18)9-5-4-6-10(9)13(19)20/h9-10H,4-8H2,1-3H3,(H,15,18)(H,16,17)(H,19,20). The third-order valence-electron chi connectivity index (χ3n) is 3.34. The number of aliphatic carboxylic acids is 1. The third kappa shape index (κ3) is 5.19. The molecule has 0 spiro atoms. The molecular weight excluding hydrogens is 260 g/mol. The molecule has 0 aromatic heterocycles. The van der Waals surface area contributed by atoms with Crippen LogP contribution in [-0.2, 0) is 14.4 Å². The molecule has 1 rings (SSSR count). The van der Waals surface area contributed by atoms with Crippen LogP contribution in [0.1, 0.15) is 46.5 Å². The SMILES string of the molecule is CC(C)(C)NC(=O)CCNC(=O)C1CCCC1C(=O)O. The quantitative estimate of drug-likeness (QED) is 0.699. The molecule has 3 N–H and O–H groups in total. The Kier molecular flexibility index (Phi) is 5.53. The molecule has 1 saturated carbocycles. The van der Waals surface area contributed by atoms with Gasteiger partial charge in [-0.15, -0.1) is 0 Å². The van der Waals surface area contributed by atoms with Crippen molar-refractivity contribution in [3.05, 3.63) is 0 Å². The van der Waals surface area contributed by atoms with E-state index in [1.165, 1.54) is 0 Å². The molecule has 1 aliphatic rings. The molecule has 0 aliphatic heterocycles. The molecule has 6 nitrogen and oxygen atoms in total. The molecule has 2 unspecified atom stereocenters. The lowest BCUT2D eigenvalue weighted by molar-refractivity contribution is -0.146. The van der Waals surface area contributed by atoms with Crippen LogP contribution in [0.15, 0.2) is 0 Å². The van der Waals surface area contributed by atoms with Gasteiger partial charge in [0.05, 0.1) is 11.8 Å². The Morgan fingerprint density at radius 2 is 1.75 bits per heavy atom. The predicted octanol–water partition coefficient (Wildman–Crippen LogP) is 0.908. The van der Waals surface area contributed by atoms with Gasteiger partial charge in [0, 0.05) is 18.5 Å². The summed E-state index contributed by atoms with van der Waals surface area (Å²) in [5, 5.41) is 14.5. The van der Waals surface area contributed by atoms with E-state index >= 15 is 0 Å². The highest BCUT2D eigenvalue weighted by molar-refractivity contribution is 5.85. The van der Waals surface area contributed by atoms with Gasteiger partial charge in [-0.3, -0.25) is 14.4 Å². The zero-order chi connectivity index (χ0) is 15.3. The second-order valence-corrected chi connectivity index (χ2v) is 6.32. The molecule has 0 aromatic rings. The number of hydrogen-bond donors (Lipinski definition) is 3. The van der Waals surface area contributed by atoms with Crippen molar-refractivity contribution in [1.82, 2.24) is 10.6 Å². The van der Waals surface area contributed by atoms with E-state index in [0.29, 0.717) is 12.8 Å². The zero-order valence-corrected chi connectivity index (χ0v) is 12.4. The summed E-state index contributed by atoms with van der Waals surface area (Å²) in [6.45, 7) is 5.90. The minimum absolute atomic E-state index is 0.126. The van der Waals surface area contributed by atoms with Crippen molar-refractivity contribution in [3.8, 4) is 0 Å². The highest BCUT2D eigenvalue weighted by Crippen LogP contribution is 2.31. The van der Waals surface area contributed by atoms with Gasteiger partial charge in [0.25, 0.3) is 0 Å². The first-order chi connectivity index (χ1) is 9.20. The number of amides is 2. The van der Waals surface area contributed by atoms with E-state index in [0.717, 1.165) is 6.42 Å². The zero-order valence-electron chi connectivity index (χ0n) is 12.4. The molecule has 0 heterocycles. The molecule has 20 heavy (non-hydrogen) atoms. The summed E-state index contributed by atoms with van der Waals surface area (Å²) >= 11 is 0. The van der Waals surface area contributed by atoms with Crippen LogP contribution in [0.5, 0.6) is 0 Å². The number of carbonyl (C=O) groups excluding carboxylic acids is 2. The van der Waals surface area contributed by atoms with Gasteiger partial charge in [0.15, 0.2) is 0 Å². The summed E-state index contributed by atoms with van der Waals surface area (Å²) in [5.74, 6) is -2.33. The monoisotopic (exact) mass is 284 g/mol. The summed E-state index contributed by atoms with van der Waals surface area (Å²) in [6.07, 6.45) is 2.13. The number of carbonyl (C=O) groups is 3. The van der Waals surface area contributed by atoms with Crippen LogP contribution in [0.3, 0.4) is 0 Å². The van der Waals surface area contributed by atoms with Gasteiger partial charge in [-0.1, -0.05) is 6.42 Å². The fraction of sp³-hybridized carbons (Fsp3) is 0.786. The summed E-state index contributed by atoms with van der Waals surface area (Å²) in [6, 6.07) is 0. The Morgan fingerprint density at radius 1 is 1.15 bits per heavy atom. The molecule has 6 heteroatoms. The third-order valence-corrected chi connectivity index (χ3v) is 3.34. The Hall–Kier alpha value is -1.59. The number of nitrogens with one attached hydrogen (secondary N) is 2. The molecule has 1 aliphatic carbocycles. The van der Waals surface area contributed by atoms with Crippen molar-refractivity contribution in [3.63, 3.8) is 0 Å². The first kappa shape index (κ1) is 16.5. The minimum Gasteiger partial charge on any atom is -0.481 e. The number of hydrogen-bond acceptors (Lipinski definition) is 3. The lowest BCUT2D eigenvalue weighted by Gasteiger charge is -2.21. The van der Waals surface area contributed by atoms with Crippen molar-refractivity contribution >= 4 is 17.8 Å². The van der Waals surface area contributed by atoms with Crippen LogP contribution in [0.25, 0.3) is 0 Å². The van der Waals surface area contributed by atoms with Crippen LogP contribution < -0.4 is 10.6 Å². The molecular formula is C14H24N2O4. The highest BCUT2D eigenvalue weighted by atomic mass is 16.4. The molecule has 0 saturated heterocycles. The van der Waals surface area contributed by atoms with E-state index < -0.39 is 17.8 Å². The molecule has 2 amide bonds. The smallest absolute Gasteiger partial charge is 0.307 e. The Labute approximate surface area is 119 Å². The van der Waals surface area contributed by atoms with Gasteiger partial charge in [-0.2, -0.15) is 0 Å². The number of rotatable bonds is 5. The minimum atomic E-state index is -0.909. The topological polar surface area (TPSA) is 95.5 Å². The first-order valence-corrected chi connectivity index (χ1v) is 7.02. The van der Waals surface area contributed by atoms with Crippen LogP contribution in [-0.4, -0.2) is 35.0 Å². The van der Waals surface area contributed by atoms with Crippen LogP contribution in [0.2, 0.25) is 0 Å². The van der Waals surface area contributed by atoms with E-state index in [-0.39, 0.29) is 30.3 Å². The lowest BCUT2D eigenvalue weighted by Crippen LogP contribution is -2.42. The first-order valence-electron chi connectivity index (χ1n) is 7.02. The van der Waals surface area contributed by atoms with Crippen molar-refractivity contribution in [2.75, 3.05) is 6.54 Å². The van der Waals surface area contributed by atoms with E-state index in [9.17, 15) is 14.4 Å². The van der Waals surface area contributed by atoms with Crippen LogP contribution in [0.4, 0.5) is 0 Å². The Morgan fingerprint density at radius 3 is 2.30 bits per heavy atom. The second-order valence-electron chi connectivity index (χ2n) is 6.32. The van der Waals surface area contributed by atoms with E-state index in [1.54, 1.807) is 0 Å². The van der Waals surface area contributed by atoms with Crippen molar-refractivity contribution in [2.45, 2.75) is 52.0 Å². The van der Waals surface area contributed by atoms with Crippen LogP contribution in [0, 0.1) is 11.8 Å². The normalized spacial score (nSPS) is 22.4. The molecule has 0 bridgehead atoms. The summed E-state index contributed by atoms with van der Waals surface area (Å²) in [5.41, 5.74) is -0.291. The van der Waals surface area contributed by atoms with Gasteiger partial charge < -0.3 is 15.7 Å². The number of carboxylic acids is 1. The lowest BCUT2D eigenvalue weighted by atomic mass is 9.95. The number of carboxylic acid groups (broad SMARTS) is 1. The average Bonchev–Trinajstić information content (AvgIpc) is 2.74. The van der Waals surface area contributed by atoms with Gasteiger partial charge >= 0.3 is 5.97 Å². The van der Waals surface area contributed by atoms with Crippen molar-refractivity contribution < 1.29 is 19.5 Å². The molecule has 0 radical (unpaired) electrons. The van der Waals surface area contributed by atoms with Crippen molar-refractivity contribution in [1.29, 1.82) is 0 Å². The summed E-state index contributed by atoms with van der Waals surface area (Å²) in [4.78, 5) is 34.5. The maximum atomic E-state index is 11.9. The average molecular weight is 284 g/mol. The second kappa shape index (κ2) is 6.72. The maximum absolute atomic E-state index is 11.9. The predicted molar refractivity (Wildman–Crippen MR) is 74.0 cm³/mol. The maximum Gasteiger partial charge on any atom is 0.307 e. The molecule has 114 valence electrons. The Balaban J connectivity index is 2.33. The molecule has 0 aromatic carbocycles. The highest BCUT2D eigenvalue weighted by Gasteiger charge is 2.37. The fourth-order valence-corrected chi connectivity index (χ4v) is 2.48. The fourth-order valence-electron chi connectivity index (χ4n) is 2.48. The van der Waals surface area contributed by atoms with Crippen LogP contribution >= 0.6 is 0 Å². The Bertz CT molecular complexity index is 387. The van der Waals surface area contributed by atoms with Gasteiger partial charge in [-0.25, -0.2) is 0 Å². The van der Waals surface area contributed by atoms with E-state index in [2.05, 4.69) is 10.6 Å². The molecule has 2 atom stereocenters. The largest absolute Gasteiger partial charge is 0.481 e. The van der Waals surface area contributed by atoms with Gasteiger partial charge in [0.2, 0.25) is 11.8 Å². The van der Waals surface area contributed by atoms with E-state index in [4.69, 9.17) is 5.11 Å². The van der Waals surface area contributed by atoms with Gasteiger partial charge in [0.1, 0.15) is 0 Å². The van der Waals surface area contributed by atoms with E-state index in [1.807, 2.05) is 20.8 Å². The van der Waals surface area contributed by atoms with Crippen molar-refractivity contribution in [2.24, 2.45) is 11.8 Å². The molecule has 1 fully saturated rings. The summed E-state index contributed by atoms with van der Waals surface area (Å²) < 4.78 is 0. The van der Waals surface area contributed by atoms with Gasteiger partial charge in [-0.05, 0) is 33.6 Å². The summed E-state index contributed by atoms with van der Waals surface area (Å²) in [7, 11) is 0.